The molecule has 0 saturated carbocycles. The Balaban J connectivity index is 1.40. The van der Waals surface area contributed by atoms with Crippen LogP contribution in [0.5, 0.6) is 5.75 Å². The lowest BCUT2D eigenvalue weighted by Crippen LogP contribution is -2.48. The Morgan fingerprint density at radius 2 is 1.61 bits per heavy atom. The van der Waals surface area contributed by atoms with Gasteiger partial charge in [0.2, 0.25) is 0 Å². The molecule has 1 aliphatic heterocycles. The Labute approximate surface area is 237 Å². The highest BCUT2D eigenvalue weighted by atomic mass is 19.4. The largest absolute Gasteiger partial charge is 0.497 e. The van der Waals surface area contributed by atoms with Crippen molar-refractivity contribution in [1.82, 2.24) is 30.0 Å². The number of nitrogens with zero attached hydrogens (tertiary/aromatic N) is 6. The van der Waals surface area contributed by atoms with E-state index < -0.39 is 17.8 Å². The SMILES string of the molecule is COc1ccc(C=CCN2CCN([C@H](c3cccc(C(F)(F)F)c3)c3nnnn3-c3c(C)cccc3C)CC2)cc1. The predicted octanol–water partition coefficient (Wildman–Crippen LogP) is 5.73. The predicted molar refractivity (Wildman–Crippen MR) is 152 cm³/mol. The van der Waals surface area contributed by atoms with Gasteiger partial charge in [-0.05, 0) is 70.8 Å². The van der Waals surface area contributed by atoms with Crippen molar-refractivity contribution in [1.29, 1.82) is 0 Å². The molecule has 1 atom stereocenters. The third-order valence-electron chi connectivity index (χ3n) is 7.48. The standard InChI is InChI=1S/C31H33F3N6O/c1-22-7-4-8-23(2)28(22)40-30(35-36-37-40)29(25-10-5-11-26(21-25)31(32,33)34)39-19-17-38(18-20-39)16-6-9-24-12-14-27(41-3)15-13-24/h4-15,21,29H,16-20H2,1-3H3/t29-/m1/s1. The van der Waals surface area contributed by atoms with Crippen LogP contribution in [0.15, 0.2) is 72.8 Å². The van der Waals surface area contributed by atoms with Gasteiger partial charge in [0.05, 0.1) is 24.4 Å². The van der Waals surface area contributed by atoms with Crippen LogP contribution >= 0.6 is 0 Å². The number of para-hydroxylation sites is 1. The van der Waals surface area contributed by atoms with Crippen LogP contribution in [0.1, 0.15) is 39.7 Å². The van der Waals surface area contributed by atoms with Crippen molar-refractivity contribution >= 4 is 6.08 Å². The van der Waals surface area contributed by atoms with Gasteiger partial charge in [0.15, 0.2) is 5.82 Å². The Kier molecular flexibility index (Phi) is 8.51. The van der Waals surface area contributed by atoms with Crippen molar-refractivity contribution in [3.8, 4) is 11.4 Å². The minimum Gasteiger partial charge on any atom is -0.497 e. The molecule has 214 valence electrons. The summed E-state index contributed by atoms with van der Waals surface area (Å²) in [6.45, 7) is 7.54. The topological polar surface area (TPSA) is 59.3 Å². The van der Waals surface area contributed by atoms with E-state index in [9.17, 15) is 13.2 Å². The summed E-state index contributed by atoms with van der Waals surface area (Å²) in [7, 11) is 1.65. The van der Waals surface area contributed by atoms with Gasteiger partial charge in [-0.2, -0.15) is 17.9 Å². The number of benzene rings is 3. The van der Waals surface area contributed by atoms with E-state index in [2.05, 4.69) is 37.5 Å². The number of alkyl halides is 3. The van der Waals surface area contributed by atoms with E-state index in [-0.39, 0.29) is 0 Å². The summed E-state index contributed by atoms with van der Waals surface area (Å²) in [5.41, 5.74) is 3.71. The van der Waals surface area contributed by atoms with Gasteiger partial charge in [-0.15, -0.1) is 5.10 Å². The number of rotatable bonds is 8. The van der Waals surface area contributed by atoms with Crippen LogP contribution < -0.4 is 4.74 Å². The molecule has 0 unspecified atom stereocenters. The first-order chi connectivity index (χ1) is 19.7. The van der Waals surface area contributed by atoms with Gasteiger partial charge >= 0.3 is 6.18 Å². The zero-order valence-electron chi connectivity index (χ0n) is 23.3. The van der Waals surface area contributed by atoms with Crippen LogP contribution in [0, 0.1) is 13.8 Å². The van der Waals surface area contributed by atoms with Gasteiger partial charge in [-0.25, -0.2) is 0 Å². The van der Waals surface area contributed by atoms with Crippen molar-refractivity contribution < 1.29 is 17.9 Å². The third kappa shape index (κ3) is 6.49. The quantitative estimate of drug-likeness (QED) is 0.274. The summed E-state index contributed by atoms with van der Waals surface area (Å²) in [6.07, 6.45) is -0.243. The first kappa shape index (κ1) is 28.5. The molecule has 4 aromatic rings. The Morgan fingerprint density at radius 1 is 0.927 bits per heavy atom. The lowest BCUT2D eigenvalue weighted by atomic mass is 10.00. The molecule has 5 rings (SSSR count). The van der Waals surface area contributed by atoms with Gasteiger partial charge < -0.3 is 4.74 Å². The molecular formula is C31H33F3N6O. The first-order valence-electron chi connectivity index (χ1n) is 13.5. The molecule has 0 radical (unpaired) electrons. The number of methoxy groups -OCH3 is 1. The van der Waals surface area contributed by atoms with E-state index in [1.165, 1.54) is 12.1 Å². The van der Waals surface area contributed by atoms with E-state index in [1.54, 1.807) is 17.9 Å². The maximum absolute atomic E-state index is 13.7. The number of piperazine rings is 1. The fraction of sp³-hybridized carbons (Fsp3) is 0.323. The maximum Gasteiger partial charge on any atom is 0.416 e. The average molecular weight is 563 g/mol. The Morgan fingerprint density at radius 3 is 2.27 bits per heavy atom. The number of ether oxygens (including phenoxy) is 1. The van der Waals surface area contributed by atoms with Crippen LogP contribution in [0.2, 0.25) is 0 Å². The average Bonchev–Trinajstić information content (AvgIpc) is 3.43. The molecule has 1 fully saturated rings. The minimum atomic E-state index is -4.45. The number of hydrogen-bond acceptors (Lipinski definition) is 6. The third-order valence-corrected chi connectivity index (χ3v) is 7.48. The summed E-state index contributed by atoms with van der Waals surface area (Å²) in [6, 6.07) is 18.7. The van der Waals surface area contributed by atoms with Crippen molar-refractivity contribution in [3.63, 3.8) is 0 Å². The highest BCUT2D eigenvalue weighted by Gasteiger charge is 2.35. The summed E-state index contributed by atoms with van der Waals surface area (Å²) in [5, 5.41) is 12.6. The van der Waals surface area contributed by atoms with E-state index in [0.29, 0.717) is 24.5 Å². The molecule has 0 amide bonds. The van der Waals surface area contributed by atoms with E-state index in [0.717, 1.165) is 53.8 Å². The van der Waals surface area contributed by atoms with Crippen LogP contribution in [-0.2, 0) is 6.18 Å². The number of hydrogen-bond donors (Lipinski definition) is 0. The second-order valence-corrected chi connectivity index (χ2v) is 10.2. The van der Waals surface area contributed by atoms with Crippen molar-refractivity contribution in [3.05, 3.63) is 106 Å². The van der Waals surface area contributed by atoms with Gasteiger partial charge in [0, 0.05) is 32.7 Å². The number of halogens is 3. The Bertz CT molecular complexity index is 1470. The summed E-state index contributed by atoms with van der Waals surface area (Å²) in [4.78, 5) is 4.50. The number of tetrazole rings is 1. The van der Waals surface area contributed by atoms with Crippen LogP contribution in [0.3, 0.4) is 0 Å². The molecule has 1 aromatic heterocycles. The zero-order chi connectivity index (χ0) is 29.0. The van der Waals surface area contributed by atoms with Gasteiger partial charge in [-0.1, -0.05) is 54.6 Å². The van der Waals surface area contributed by atoms with Crippen LogP contribution in [0.4, 0.5) is 13.2 Å². The molecule has 7 nitrogen and oxygen atoms in total. The van der Waals surface area contributed by atoms with Gasteiger partial charge in [0.1, 0.15) is 5.75 Å². The van der Waals surface area contributed by atoms with Gasteiger partial charge in [-0.3, -0.25) is 9.80 Å². The molecule has 41 heavy (non-hydrogen) atoms. The molecule has 0 bridgehead atoms. The van der Waals surface area contributed by atoms with Crippen molar-refractivity contribution in [2.45, 2.75) is 26.1 Å². The highest BCUT2D eigenvalue weighted by molar-refractivity contribution is 5.51. The molecule has 1 saturated heterocycles. The fourth-order valence-electron chi connectivity index (χ4n) is 5.33. The number of aromatic nitrogens is 4. The van der Waals surface area contributed by atoms with E-state index in [1.807, 2.05) is 56.3 Å². The molecule has 1 aliphatic rings. The summed E-state index contributed by atoms with van der Waals surface area (Å²) < 4.78 is 48.1. The van der Waals surface area contributed by atoms with Crippen molar-refractivity contribution in [2.75, 3.05) is 39.8 Å². The second kappa shape index (κ2) is 12.2. The lowest BCUT2D eigenvalue weighted by molar-refractivity contribution is -0.137. The van der Waals surface area contributed by atoms with Crippen molar-refractivity contribution in [2.24, 2.45) is 0 Å². The molecule has 0 N–H and O–H groups in total. The minimum absolute atomic E-state index is 0.495. The van der Waals surface area contributed by atoms with Crippen LogP contribution in [0.25, 0.3) is 11.8 Å². The number of aryl methyl sites for hydroxylation is 2. The monoisotopic (exact) mass is 562 g/mol. The molecule has 0 spiro atoms. The normalized spacial score (nSPS) is 15.9. The van der Waals surface area contributed by atoms with E-state index >= 15 is 0 Å². The second-order valence-electron chi connectivity index (χ2n) is 10.2. The smallest absolute Gasteiger partial charge is 0.416 e. The Hall–Kier alpha value is -4.02. The first-order valence-corrected chi connectivity index (χ1v) is 13.5. The van der Waals surface area contributed by atoms with E-state index in [4.69, 9.17) is 4.74 Å². The summed E-state index contributed by atoms with van der Waals surface area (Å²) >= 11 is 0. The molecule has 0 aliphatic carbocycles. The molecule has 3 aromatic carbocycles. The molecular weight excluding hydrogens is 529 g/mol. The fourth-order valence-corrected chi connectivity index (χ4v) is 5.33. The van der Waals surface area contributed by atoms with Gasteiger partial charge in [0.25, 0.3) is 0 Å². The van der Waals surface area contributed by atoms with Crippen LogP contribution in [-0.4, -0.2) is 69.8 Å². The summed E-state index contributed by atoms with van der Waals surface area (Å²) in [5.74, 6) is 1.31. The molecule has 10 heteroatoms. The maximum atomic E-state index is 13.7. The highest BCUT2D eigenvalue weighted by Crippen LogP contribution is 2.35. The lowest BCUT2D eigenvalue weighted by Gasteiger charge is -2.38. The zero-order valence-corrected chi connectivity index (χ0v) is 23.3. The molecule has 2 heterocycles.